The maximum atomic E-state index is 15.6. The minimum atomic E-state index is -3.39. The van der Waals surface area contributed by atoms with Gasteiger partial charge in [-0.05, 0) is 61.2 Å². The van der Waals surface area contributed by atoms with E-state index in [0.29, 0.717) is 49.6 Å². The maximum Gasteiger partial charge on any atom is 0.295 e. The van der Waals surface area contributed by atoms with Gasteiger partial charge >= 0.3 is 0 Å². The first-order chi connectivity index (χ1) is 19.9. The van der Waals surface area contributed by atoms with Crippen molar-refractivity contribution in [3.63, 3.8) is 0 Å². The molecule has 8 nitrogen and oxygen atoms in total. The Balaban J connectivity index is 1.12. The van der Waals surface area contributed by atoms with Gasteiger partial charge in [-0.3, -0.25) is 0 Å². The summed E-state index contributed by atoms with van der Waals surface area (Å²) in [7, 11) is -3.39. The fourth-order valence-corrected chi connectivity index (χ4v) is 7.77. The Hall–Kier alpha value is -3.38. The lowest BCUT2D eigenvalue weighted by Gasteiger charge is -2.22. The van der Waals surface area contributed by atoms with Crippen LogP contribution in [0.15, 0.2) is 59.5 Å². The predicted molar refractivity (Wildman–Crippen MR) is 148 cm³/mol. The van der Waals surface area contributed by atoms with Gasteiger partial charge in [0.25, 0.3) is 6.01 Å². The zero-order chi connectivity index (χ0) is 28.1. The molecule has 0 radical (unpaired) electrons. The van der Waals surface area contributed by atoms with Crippen molar-refractivity contribution in [2.75, 3.05) is 26.3 Å². The summed E-state index contributed by atoms with van der Waals surface area (Å²) in [5.41, 5.74) is 1.94. The largest absolute Gasteiger partial charge is 0.456 e. The number of aromatic amines is 1. The first-order valence-corrected chi connectivity index (χ1v) is 15.4. The highest BCUT2D eigenvalue weighted by molar-refractivity contribution is 7.92. The highest BCUT2D eigenvalue weighted by Crippen LogP contribution is 2.35. The Bertz CT molecular complexity index is 1690. The molecule has 3 saturated heterocycles. The van der Waals surface area contributed by atoms with Gasteiger partial charge in [0, 0.05) is 12.7 Å². The number of hydrogen-bond acceptors (Lipinski definition) is 7. The molecule has 0 unspecified atom stereocenters. The molecule has 11 heteroatoms. The zero-order valence-electron chi connectivity index (χ0n) is 22.1. The van der Waals surface area contributed by atoms with Crippen LogP contribution in [0.1, 0.15) is 19.3 Å². The van der Waals surface area contributed by atoms with Crippen LogP contribution in [0.4, 0.5) is 8.78 Å². The summed E-state index contributed by atoms with van der Waals surface area (Å²) in [6.07, 6.45) is 1.41. The topological polar surface area (TPSA) is 103 Å². The van der Waals surface area contributed by atoms with E-state index in [-0.39, 0.29) is 46.2 Å². The van der Waals surface area contributed by atoms with E-state index in [1.165, 1.54) is 6.07 Å². The quantitative estimate of drug-likeness (QED) is 0.342. The smallest absolute Gasteiger partial charge is 0.295 e. The van der Waals surface area contributed by atoms with Crippen molar-refractivity contribution >= 4 is 20.9 Å². The molecule has 3 atom stereocenters. The number of hydrogen-bond donors (Lipinski definition) is 2. The Labute approximate surface area is 235 Å². The Morgan fingerprint density at radius 3 is 2.32 bits per heavy atom. The van der Waals surface area contributed by atoms with E-state index in [2.05, 4.69) is 15.3 Å². The van der Waals surface area contributed by atoms with Crippen LogP contribution in [0.2, 0.25) is 0 Å². The molecule has 3 fully saturated rings. The third kappa shape index (κ3) is 4.80. The van der Waals surface area contributed by atoms with E-state index >= 15 is 8.78 Å². The summed E-state index contributed by atoms with van der Waals surface area (Å²) in [5, 5.41) is 2.81. The van der Waals surface area contributed by atoms with E-state index in [1.54, 1.807) is 48.5 Å². The number of fused-ring (bicyclic) bond motifs is 2. The molecule has 0 saturated carbocycles. The molecule has 0 spiro atoms. The zero-order valence-corrected chi connectivity index (χ0v) is 22.9. The van der Waals surface area contributed by atoms with E-state index in [9.17, 15) is 8.42 Å². The molecule has 3 aliphatic rings. The molecule has 3 aromatic carbocycles. The van der Waals surface area contributed by atoms with Crippen molar-refractivity contribution in [3.05, 3.63) is 66.2 Å². The molecule has 3 aliphatic heterocycles. The van der Waals surface area contributed by atoms with Gasteiger partial charge in [-0.1, -0.05) is 36.4 Å². The lowest BCUT2D eigenvalue weighted by molar-refractivity contribution is 0.0273. The summed E-state index contributed by atoms with van der Waals surface area (Å²) in [5.74, 6) is -1.52. The number of rotatable bonds is 6. The molecule has 2 N–H and O–H groups in total. The molecule has 0 bridgehead atoms. The van der Waals surface area contributed by atoms with Gasteiger partial charge in [-0.2, -0.15) is 4.98 Å². The minimum absolute atomic E-state index is 0.0153. The molecule has 0 amide bonds. The molecule has 0 aliphatic carbocycles. The maximum absolute atomic E-state index is 15.6. The number of nitrogens with one attached hydrogen (secondary N) is 2. The van der Waals surface area contributed by atoms with Crippen LogP contribution >= 0.6 is 0 Å². The lowest BCUT2D eigenvalue weighted by atomic mass is 9.99. The third-order valence-electron chi connectivity index (χ3n) is 8.25. The average Bonchev–Trinajstić information content (AvgIpc) is 3.72. The summed E-state index contributed by atoms with van der Waals surface area (Å²) < 4.78 is 74.0. The monoisotopic (exact) mass is 581 g/mol. The van der Waals surface area contributed by atoms with E-state index in [4.69, 9.17) is 14.2 Å². The van der Waals surface area contributed by atoms with Gasteiger partial charge < -0.3 is 24.5 Å². The van der Waals surface area contributed by atoms with Gasteiger partial charge in [0.1, 0.15) is 17.4 Å². The number of aromatic nitrogens is 2. The predicted octanol–water partition coefficient (Wildman–Crippen LogP) is 4.64. The first kappa shape index (κ1) is 26.5. The van der Waals surface area contributed by atoms with Crippen LogP contribution in [-0.2, 0) is 19.3 Å². The molecule has 214 valence electrons. The van der Waals surface area contributed by atoms with Crippen molar-refractivity contribution in [2.45, 2.75) is 47.7 Å². The van der Waals surface area contributed by atoms with Gasteiger partial charge in [0.05, 0.1) is 33.9 Å². The van der Waals surface area contributed by atoms with Crippen LogP contribution in [0.3, 0.4) is 0 Å². The minimum Gasteiger partial charge on any atom is -0.456 e. The first-order valence-electron chi connectivity index (χ1n) is 13.8. The standard InChI is InChI=1S/C30H29F2N3O5S/c31-22-15-23-28(35-30(34-23)40-25-16-39-24-11-14-38-29(24)25)27(32)26(22)19-3-1-17(2-4-19)18-5-7-20(8-6-18)41(36,37)21-9-12-33-13-10-21/h1-8,15,21,24-25,29,33H,9-14,16H2,(H,34,35)/t24-,25-,29+/m1/s1. The number of benzene rings is 3. The summed E-state index contributed by atoms with van der Waals surface area (Å²) in [6.45, 7) is 2.34. The van der Waals surface area contributed by atoms with Crippen LogP contribution in [0, 0.1) is 11.6 Å². The molecule has 4 heterocycles. The van der Waals surface area contributed by atoms with Crippen molar-refractivity contribution in [2.24, 2.45) is 0 Å². The SMILES string of the molecule is O=S(=O)(c1ccc(-c2ccc(-c3c(F)cc4[nH]c(O[C@@H]5CO[C@@H]6CCO[C@@H]65)nc4c3F)cc2)cc1)C1CCNCC1. The van der Waals surface area contributed by atoms with E-state index in [1.807, 2.05) is 0 Å². The van der Waals surface area contributed by atoms with Gasteiger partial charge in [0.2, 0.25) is 0 Å². The highest BCUT2D eigenvalue weighted by atomic mass is 32.2. The van der Waals surface area contributed by atoms with Crippen LogP contribution < -0.4 is 10.1 Å². The molecular formula is C30H29F2N3O5S. The second kappa shape index (κ2) is 10.5. The number of piperidine rings is 1. The number of sulfone groups is 1. The van der Waals surface area contributed by atoms with Gasteiger partial charge in [0.15, 0.2) is 21.8 Å². The van der Waals surface area contributed by atoms with Crippen LogP contribution in [-0.4, -0.2) is 68.3 Å². The van der Waals surface area contributed by atoms with Gasteiger partial charge in [-0.25, -0.2) is 17.2 Å². The summed E-state index contributed by atoms with van der Waals surface area (Å²) in [4.78, 5) is 7.43. The molecule has 41 heavy (non-hydrogen) atoms. The Morgan fingerprint density at radius 2 is 1.59 bits per heavy atom. The fourth-order valence-electron chi connectivity index (χ4n) is 6.02. The molecular weight excluding hydrogens is 552 g/mol. The van der Waals surface area contributed by atoms with Crippen LogP contribution in [0.25, 0.3) is 33.3 Å². The highest BCUT2D eigenvalue weighted by Gasteiger charge is 2.43. The summed E-state index contributed by atoms with van der Waals surface area (Å²) >= 11 is 0. The number of halogens is 2. The van der Waals surface area contributed by atoms with Crippen molar-refractivity contribution in [3.8, 4) is 28.3 Å². The van der Waals surface area contributed by atoms with Gasteiger partial charge in [-0.15, -0.1) is 0 Å². The Morgan fingerprint density at radius 1 is 0.902 bits per heavy atom. The Kier molecular flexibility index (Phi) is 6.77. The fraction of sp³-hybridized carbons (Fsp3) is 0.367. The second-order valence-electron chi connectivity index (χ2n) is 10.7. The van der Waals surface area contributed by atoms with E-state index in [0.717, 1.165) is 17.5 Å². The van der Waals surface area contributed by atoms with Crippen molar-refractivity contribution in [1.29, 1.82) is 0 Å². The van der Waals surface area contributed by atoms with Crippen molar-refractivity contribution in [1.82, 2.24) is 15.3 Å². The molecule has 7 rings (SSSR count). The molecule has 4 aromatic rings. The summed E-state index contributed by atoms with van der Waals surface area (Å²) in [6, 6.07) is 14.9. The number of ether oxygens (including phenoxy) is 3. The van der Waals surface area contributed by atoms with Crippen LogP contribution in [0.5, 0.6) is 6.01 Å². The van der Waals surface area contributed by atoms with Crippen molar-refractivity contribution < 1.29 is 31.4 Å². The average molecular weight is 582 g/mol. The number of nitrogens with zero attached hydrogens (tertiary/aromatic N) is 1. The lowest BCUT2D eigenvalue weighted by Crippen LogP contribution is -2.35. The number of imidazole rings is 1. The third-order valence-corrected chi connectivity index (χ3v) is 10.5. The van der Waals surface area contributed by atoms with E-state index < -0.39 is 21.5 Å². The second-order valence-corrected chi connectivity index (χ2v) is 13.0. The normalized spacial score (nSPS) is 23.2. The molecule has 1 aromatic heterocycles. The number of H-pyrrole nitrogens is 1.